The number of hydrogen-bond acceptors (Lipinski definition) is 4. The Bertz CT molecular complexity index is 710. The van der Waals surface area contributed by atoms with E-state index in [0.29, 0.717) is 9.99 Å². The fourth-order valence-corrected chi connectivity index (χ4v) is 2.46. The maximum Gasteiger partial charge on any atom is 0.319 e. The van der Waals surface area contributed by atoms with Crippen molar-refractivity contribution in [3.63, 3.8) is 0 Å². The standard InChI is InChI=1S/C16H16BrNO3/c1-4-21-15(20)16(2,3)14(19)13-11(17)9-10-7-5-6-8-12(10)18-13/h5-9H,4H2,1-3H3. The highest BCUT2D eigenvalue weighted by molar-refractivity contribution is 9.10. The first-order valence-electron chi connectivity index (χ1n) is 6.65. The van der Waals surface area contributed by atoms with Gasteiger partial charge in [-0.25, -0.2) is 4.98 Å². The van der Waals surface area contributed by atoms with Crippen molar-refractivity contribution in [2.45, 2.75) is 20.8 Å². The Morgan fingerprint density at radius 1 is 1.29 bits per heavy atom. The Balaban J connectivity index is 2.48. The van der Waals surface area contributed by atoms with E-state index in [1.165, 1.54) is 0 Å². The largest absolute Gasteiger partial charge is 0.465 e. The van der Waals surface area contributed by atoms with E-state index in [-0.39, 0.29) is 18.1 Å². The summed E-state index contributed by atoms with van der Waals surface area (Å²) in [6.07, 6.45) is 0. The summed E-state index contributed by atoms with van der Waals surface area (Å²) in [6, 6.07) is 9.33. The Hall–Kier alpha value is -1.75. The second kappa shape index (κ2) is 5.93. The number of benzene rings is 1. The number of esters is 1. The molecule has 1 heterocycles. The van der Waals surface area contributed by atoms with Crippen molar-refractivity contribution < 1.29 is 14.3 Å². The van der Waals surface area contributed by atoms with E-state index in [2.05, 4.69) is 20.9 Å². The Kier molecular flexibility index (Phi) is 4.42. The molecule has 4 nitrogen and oxygen atoms in total. The number of aromatic nitrogens is 1. The number of Topliss-reactive ketones (excluding diaryl/α,β-unsaturated/α-hetero) is 1. The zero-order chi connectivity index (χ0) is 15.6. The van der Waals surface area contributed by atoms with E-state index in [4.69, 9.17) is 4.74 Å². The van der Waals surface area contributed by atoms with Gasteiger partial charge in [0, 0.05) is 9.86 Å². The predicted octanol–water partition coefficient (Wildman–Crippen LogP) is 3.77. The molecular formula is C16H16BrNO3. The van der Waals surface area contributed by atoms with E-state index in [0.717, 1.165) is 5.39 Å². The fourth-order valence-electron chi connectivity index (χ4n) is 1.95. The number of rotatable bonds is 4. The van der Waals surface area contributed by atoms with E-state index in [1.54, 1.807) is 20.8 Å². The van der Waals surface area contributed by atoms with Crippen molar-refractivity contribution in [1.82, 2.24) is 4.98 Å². The van der Waals surface area contributed by atoms with Crippen LogP contribution in [-0.4, -0.2) is 23.3 Å². The molecule has 0 amide bonds. The van der Waals surface area contributed by atoms with Gasteiger partial charge in [-0.15, -0.1) is 0 Å². The SMILES string of the molecule is CCOC(=O)C(C)(C)C(=O)c1nc2ccccc2cc1Br. The maximum atomic E-state index is 12.7. The molecule has 0 aliphatic carbocycles. The van der Waals surface area contributed by atoms with Crippen molar-refractivity contribution in [3.8, 4) is 0 Å². The molecule has 0 saturated carbocycles. The van der Waals surface area contributed by atoms with Crippen molar-refractivity contribution in [1.29, 1.82) is 0 Å². The molecule has 0 radical (unpaired) electrons. The van der Waals surface area contributed by atoms with Crippen LogP contribution in [0.3, 0.4) is 0 Å². The van der Waals surface area contributed by atoms with Crippen LogP contribution in [0.1, 0.15) is 31.3 Å². The second-order valence-electron chi connectivity index (χ2n) is 5.19. The van der Waals surface area contributed by atoms with Crippen molar-refractivity contribution >= 4 is 38.6 Å². The molecule has 110 valence electrons. The summed E-state index contributed by atoms with van der Waals surface area (Å²) >= 11 is 3.36. The molecule has 0 N–H and O–H groups in total. The highest BCUT2D eigenvalue weighted by Crippen LogP contribution is 2.29. The van der Waals surface area contributed by atoms with Gasteiger partial charge in [0.15, 0.2) is 5.78 Å². The first kappa shape index (κ1) is 15.6. The summed E-state index contributed by atoms with van der Waals surface area (Å²) in [5.41, 5.74) is -0.316. The number of carbonyl (C=O) groups excluding carboxylic acids is 2. The van der Waals surface area contributed by atoms with Crippen LogP contribution >= 0.6 is 15.9 Å². The van der Waals surface area contributed by atoms with Crippen molar-refractivity contribution in [2.24, 2.45) is 5.41 Å². The Morgan fingerprint density at radius 3 is 2.62 bits per heavy atom. The van der Waals surface area contributed by atoms with Crippen LogP contribution in [0.5, 0.6) is 0 Å². The lowest BCUT2D eigenvalue weighted by atomic mass is 9.86. The van der Waals surface area contributed by atoms with Gasteiger partial charge < -0.3 is 4.74 Å². The molecule has 0 atom stereocenters. The molecule has 0 saturated heterocycles. The summed E-state index contributed by atoms with van der Waals surface area (Å²) in [5, 5.41) is 0.926. The molecule has 0 fully saturated rings. The van der Waals surface area contributed by atoms with Crippen LogP contribution in [-0.2, 0) is 9.53 Å². The van der Waals surface area contributed by atoms with Crippen LogP contribution in [0.2, 0.25) is 0 Å². The minimum Gasteiger partial charge on any atom is -0.465 e. The van der Waals surface area contributed by atoms with Crippen LogP contribution in [0.4, 0.5) is 0 Å². The third-order valence-corrected chi connectivity index (χ3v) is 3.85. The van der Waals surface area contributed by atoms with Gasteiger partial charge in [0.1, 0.15) is 11.1 Å². The maximum absolute atomic E-state index is 12.7. The summed E-state index contributed by atoms with van der Waals surface area (Å²) in [7, 11) is 0. The molecule has 2 aromatic rings. The number of halogens is 1. The van der Waals surface area contributed by atoms with Gasteiger partial charge in [0.25, 0.3) is 0 Å². The first-order valence-corrected chi connectivity index (χ1v) is 7.44. The van der Waals surface area contributed by atoms with Gasteiger partial charge in [-0.1, -0.05) is 18.2 Å². The number of hydrogen-bond donors (Lipinski definition) is 0. The molecule has 1 aromatic heterocycles. The lowest BCUT2D eigenvalue weighted by Crippen LogP contribution is -2.36. The first-order chi connectivity index (χ1) is 9.87. The average Bonchev–Trinajstić information content (AvgIpc) is 2.46. The van der Waals surface area contributed by atoms with Gasteiger partial charge >= 0.3 is 5.97 Å². The molecule has 0 aliphatic heterocycles. The number of carbonyl (C=O) groups is 2. The predicted molar refractivity (Wildman–Crippen MR) is 84.2 cm³/mol. The minimum absolute atomic E-state index is 0.238. The molecule has 2 rings (SSSR count). The molecule has 0 spiro atoms. The number of pyridine rings is 1. The third kappa shape index (κ3) is 2.97. The zero-order valence-electron chi connectivity index (χ0n) is 12.1. The van der Waals surface area contributed by atoms with Gasteiger partial charge in [-0.2, -0.15) is 0 Å². The van der Waals surface area contributed by atoms with Crippen LogP contribution in [0, 0.1) is 5.41 Å². The molecule has 21 heavy (non-hydrogen) atoms. The lowest BCUT2D eigenvalue weighted by molar-refractivity contribution is -0.150. The summed E-state index contributed by atoms with van der Waals surface area (Å²) in [4.78, 5) is 29.0. The van der Waals surface area contributed by atoms with Gasteiger partial charge in [0.05, 0.1) is 12.1 Å². The topological polar surface area (TPSA) is 56.3 Å². The van der Waals surface area contributed by atoms with Crippen LogP contribution < -0.4 is 0 Å². The number of ether oxygens (including phenoxy) is 1. The van der Waals surface area contributed by atoms with E-state index in [1.807, 2.05) is 30.3 Å². The van der Waals surface area contributed by atoms with Gasteiger partial charge in [0.2, 0.25) is 0 Å². The molecule has 1 aromatic carbocycles. The average molecular weight is 350 g/mol. The minimum atomic E-state index is -1.27. The Labute approximate surface area is 131 Å². The number of para-hydroxylation sites is 1. The van der Waals surface area contributed by atoms with Crippen molar-refractivity contribution in [2.75, 3.05) is 6.61 Å². The monoisotopic (exact) mass is 349 g/mol. The van der Waals surface area contributed by atoms with E-state index < -0.39 is 11.4 Å². The second-order valence-corrected chi connectivity index (χ2v) is 6.04. The Morgan fingerprint density at radius 2 is 1.95 bits per heavy atom. The molecule has 0 aliphatic rings. The summed E-state index contributed by atoms with van der Waals surface area (Å²) in [5.74, 6) is -0.907. The lowest BCUT2D eigenvalue weighted by Gasteiger charge is -2.21. The smallest absolute Gasteiger partial charge is 0.319 e. The molecule has 5 heteroatoms. The van der Waals surface area contributed by atoms with Crippen molar-refractivity contribution in [3.05, 3.63) is 40.5 Å². The van der Waals surface area contributed by atoms with Crippen LogP contribution in [0.25, 0.3) is 10.9 Å². The molecule has 0 unspecified atom stereocenters. The van der Waals surface area contributed by atoms with E-state index in [9.17, 15) is 9.59 Å². The normalized spacial score (nSPS) is 11.4. The van der Waals surface area contributed by atoms with Gasteiger partial charge in [-0.05, 0) is 48.8 Å². The molecule has 0 bridgehead atoms. The number of ketones is 1. The van der Waals surface area contributed by atoms with Crippen LogP contribution in [0.15, 0.2) is 34.8 Å². The zero-order valence-corrected chi connectivity index (χ0v) is 13.7. The third-order valence-electron chi connectivity index (χ3n) is 3.25. The number of nitrogens with zero attached hydrogens (tertiary/aromatic N) is 1. The van der Waals surface area contributed by atoms with Gasteiger partial charge in [-0.3, -0.25) is 9.59 Å². The number of fused-ring (bicyclic) bond motifs is 1. The highest BCUT2D eigenvalue weighted by Gasteiger charge is 2.39. The summed E-state index contributed by atoms with van der Waals surface area (Å²) < 4.78 is 5.55. The highest BCUT2D eigenvalue weighted by atomic mass is 79.9. The summed E-state index contributed by atoms with van der Waals surface area (Å²) in [6.45, 7) is 5.05. The van der Waals surface area contributed by atoms with E-state index >= 15 is 0 Å². The molecular weight excluding hydrogens is 334 g/mol. The fraction of sp³-hybridized carbons (Fsp3) is 0.312. The quantitative estimate of drug-likeness (QED) is 0.479.